The van der Waals surface area contributed by atoms with Crippen molar-refractivity contribution in [3.8, 4) is 0 Å². The molecule has 0 bridgehead atoms. The van der Waals surface area contributed by atoms with Gasteiger partial charge in [-0.15, -0.1) is 0 Å². The summed E-state index contributed by atoms with van der Waals surface area (Å²) in [5.41, 5.74) is 6.04. The Morgan fingerprint density at radius 2 is 2.26 bits per heavy atom. The molecule has 19 heavy (non-hydrogen) atoms. The topological polar surface area (TPSA) is 77.2 Å². The summed E-state index contributed by atoms with van der Waals surface area (Å²) in [4.78, 5) is 15.9. The quantitative estimate of drug-likeness (QED) is 0.804. The van der Waals surface area contributed by atoms with Crippen molar-refractivity contribution in [1.82, 2.24) is 10.3 Å². The van der Waals surface area contributed by atoms with Gasteiger partial charge in [-0.25, -0.2) is 4.98 Å². The fraction of sp³-hybridized carbons (Fsp3) is 0.538. The van der Waals surface area contributed by atoms with Crippen molar-refractivity contribution >= 4 is 23.2 Å². The highest BCUT2D eigenvalue weighted by atomic mass is 35.5. The molecule has 0 spiro atoms. The fourth-order valence-corrected chi connectivity index (χ4v) is 2.25. The number of nitrogen functional groups attached to an aromatic ring is 1. The molecule has 0 saturated carbocycles. The number of rotatable bonds is 5. The lowest BCUT2D eigenvalue weighted by molar-refractivity contribution is 0.0314. The Balaban J connectivity index is 1.82. The number of carbonyl (C=O) groups excluding carboxylic acids is 1. The minimum Gasteiger partial charge on any atom is -0.383 e. The molecule has 0 aromatic carbocycles. The molecular weight excluding hydrogens is 266 g/mol. The third-order valence-corrected chi connectivity index (χ3v) is 3.36. The highest BCUT2D eigenvalue weighted by Crippen LogP contribution is 2.17. The number of anilines is 1. The first-order valence-electron chi connectivity index (χ1n) is 6.43. The first-order valence-corrected chi connectivity index (χ1v) is 6.81. The molecule has 1 saturated heterocycles. The molecule has 1 aliphatic heterocycles. The second kappa shape index (κ2) is 6.84. The molecule has 2 heterocycles. The summed E-state index contributed by atoms with van der Waals surface area (Å²) in [6, 6.07) is 1.55. The Labute approximate surface area is 117 Å². The van der Waals surface area contributed by atoms with Gasteiger partial charge >= 0.3 is 0 Å². The molecule has 1 aliphatic rings. The molecule has 1 fully saturated rings. The predicted molar refractivity (Wildman–Crippen MR) is 74.5 cm³/mol. The standard InChI is InChI=1S/C13H18ClN3O2/c14-9-7-11(13(15)17-8-9)12(18)3-6-19-10-1-4-16-5-2-10/h7-8,10,16H,1-6H2,(H2,15,17). The van der Waals surface area contributed by atoms with Gasteiger partial charge in [0, 0.05) is 12.6 Å². The molecule has 1 aromatic rings. The highest BCUT2D eigenvalue weighted by molar-refractivity contribution is 6.31. The minimum atomic E-state index is -0.0820. The maximum atomic E-state index is 12.0. The molecule has 104 valence electrons. The van der Waals surface area contributed by atoms with Gasteiger partial charge in [0.05, 0.1) is 23.3 Å². The SMILES string of the molecule is Nc1ncc(Cl)cc1C(=O)CCOC1CCNCC1. The normalized spacial score (nSPS) is 16.5. The third-order valence-electron chi connectivity index (χ3n) is 3.15. The van der Waals surface area contributed by atoms with Crippen LogP contribution >= 0.6 is 11.6 Å². The number of halogens is 1. The van der Waals surface area contributed by atoms with E-state index in [9.17, 15) is 4.79 Å². The molecule has 1 aromatic heterocycles. The van der Waals surface area contributed by atoms with Gasteiger partial charge in [-0.05, 0) is 32.0 Å². The van der Waals surface area contributed by atoms with Crippen LogP contribution < -0.4 is 11.1 Å². The van der Waals surface area contributed by atoms with Gasteiger partial charge in [0.15, 0.2) is 5.78 Å². The molecule has 0 amide bonds. The predicted octanol–water partition coefficient (Wildman–Crippen LogP) is 1.66. The summed E-state index contributed by atoms with van der Waals surface area (Å²) in [6.45, 7) is 2.36. The second-order valence-corrected chi connectivity index (χ2v) is 5.02. The summed E-state index contributed by atoms with van der Waals surface area (Å²) in [5.74, 6) is 0.137. The second-order valence-electron chi connectivity index (χ2n) is 4.58. The molecular formula is C13H18ClN3O2. The summed E-state index contributed by atoms with van der Waals surface area (Å²) in [5, 5.41) is 3.68. The van der Waals surface area contributed by atoms with Gasteiger partial charge in [-0.3, -0.25) is 4.79 Å². The van der Waals surface area contributed by atoms with Crippen LogP contribution in [0.25, 0.3) is 0 Å². The molecule has 0 atom stereocenters. The lowest BCUT2D eigenvalue weighted by Gasteiger charge is -2.22. The number of nitrogens with one attached hydrogen (secondary N) is 1. The number of nitrogens with zero attached hydrogens (tertiary/aromatic N) is 1. The molecule has 5 nitrogen and oxygen atoms in total. The van der Waals surface area contributed by atoms with Crippen LogP contribution in [0.5, 0.6) is 0 Å². The van der Waals surface area contributed by atoms with E-state index in [1.165, 1.54) is 6.20 Å². The Bertz CT molecular complexity index is 448. The van der Waals surface area contributed by atoms with E-state index in [0.29, 0.717) is 23.6 Å². The third kappa shape index (κ3) is 4.16. The maximum Gasteiger partial charge on any atom is 0.168 e. The van der Waals surface area contributed by atoms with Gasteiger partial charge < -0.3 is 15.8 Å². The van der Waals surface area contributed by atoms with Crippen LogP contribution in [-0.4, -0.2) is 36.6 Å². The first kappa shape index (κ1) is 14.2. The van der Waals surface area contributed by atoms with Crippen LogP contribution in [0.2, 0.25) is 5.02 Å². The average Bonchev–Trinajstić information content (AvgIpc) is 2.42. The van der Waals surface area contributed by atoms with Crippen molar-refractivity contribution in [3.63, 3.8) is 0 Å². The highest BCUT2D eigenvalue weighted by Gasteiger charge is 2.15. The van der Waals surface area contributed by atoms with Crippen LogP contribution in [0.1, 0.15) is 29.6 Å². The van der Waals surface area contributed by atoms with Gasteiger partial charge in [-0.1, -0.05) is 11.6 Å². The van der Waals surface area contributed by atoms with Gasteiger partial charge in [0.25, 0.3) is 0 Å². The van der Waals surface area contributed by atoms with Gasteiger partial charge in [-0.2, -0.15) is 0 Å². The number of ketones is 1. The van der Waals surface area contributed by atoms with E-state index in [2.05, 4.69) is 10.3 Å². The van der Waals surface area contributed by atoms with Crippen molar-refractivity contribution < 1.29 is 9.53 Å². The van der Waals surface area contributed by atoms with E-state index in [0.717, 1.165) is 25.9 Å². The summed E-state index contributed by atoms with van der Waals surface area (Å²) in [6.07, 6.45) is 3.98. The zero-order valence-corrected chi connectivity index (χ0v) is 11.4. The smallest absolute Gasteiger partial charge is 0.168 e. The number of pyridine rings is 1. The largest absolute Gasteiger partial charge is 0.383 e. The van der Waals surface area contributed by atoms with E-state index in [-0.39, 0.29) is 17.7 Å². The van der Waals surface area contributed by atoms with Crippen molar-refractivity contribution in [3.05, 3.63) is 22.8 Å². The van der Waals surface area contributed by atoms with Gasteiger partial charge in [0.2, 0.25) is 0 Å². The van der Waals surface area contributed by atoms with Crippen molar-refractivity contribution in [2.24, 2.45) is 0 Å². The summed E-state index contributed by atoms with van der Waals surface area (Å²) < 4.78 is 5.69. The molecule has 0 aliphatic carbocycles. The zero-order chi connectivity index (χ0) is 13.7. The Hall–Kier alpha value is -1.17. The van der Waals surface area contributed by atoms with Crippen LogP contribution in [0, 0.1) is 0 Å². The zero-order valence-electron chi connectivity index (χ0n) is 10.7. The van der Waals surface area contributed by atoms with E-state index in [1.807, 2.05) is 0 Å². The van der Waals surface area contributed by atoms with Crippen LogP contribution in [0.4, 0.5) is 5.82 Å². The van der Waals surface area contributed by atoms with Crippen molar-refractivity contribution in [2.75, 3.05) is 25.4 Å². The number of nitrogens with two attached hydrogens (primary N) is 1. The van der Waals surface area contributed by atoms with Crippen LogP contribution in [0.3, 0.4) is 0 Å². The lowest BCUT2D eigenvalue weighted by Crippen LogP contribution is -2.32. The Morgan fingerprint density at radius 3 is 3.00 bits per heavy atom. The summed E-state index contributed by atoms with van der Waals surface area (Å²) in [7, 11) is 0. The number of Topliss-reactive ketones (excluding diaryl/α,β-unsaturated/α-hetero) is 1. The van der Waals surface area contributed by atoms with Gasteiger partial charge in [0.1, 0.15) is 5.82 Å². The number of carbonyl (C=O) groups is 1. The van der Waals surface area contributed by atoms with E-state index < -0.39 is 0 Å². The summed E-state index contributed by atoms with van der Waals surface area (Å²) >= 11 is 5.81. The minimum absolute atomic E-state index is 0.0820. The van der Waals surface area contributed by atoms with Crippen molar-refractivity contribution in [2.45, 2.75) is 25.4 Å². The average molecular weight is 284 g/mol. The number of hydrogen-bond donors (Lipinski definition) is 2. The number of ether oxygens (including phenoxy) is 1. The maximum absolute atomic E-state index is 12.0. The molecule has 0 unspecified atom stereocenters. The first-order chi connectivity index (χ1) is 9.16. The fourth-order valence-electron chi connectivity index (χ4n) is 2.09. The number of piperidine rings is 1. The van der Waals surface area contributed by atoms with E-state index in [1.54, 1.807) is 6.07 Å². The van der Waals surface area contributed by atoms with Crippen molar-refractivity contribution in [1.29, 1.82) is 0 Å². The molecule has 0 radical (unpaired) electrons. The molecule has 3 N–H and O–H groups in total. The molecule has 6 heteroatoms. The van der Waals surface area contributed by atoms with Crippen LogP contribution in [-0.2, 0) is 4.74 Å². The monoisotopic (exact) mass is 283 g/mol. The van der Waals surface area contributed by atoms with Crippen LogP contribution in [0.15, 0.2) is 12.3 Å². The van der Waals surface area contributed by atoms with E-state index >= 15 is 0 Å². The molecule has 2 rings (SSSR count). The Morgan fingerprint density at radius 1 is 1.53 bits per heavy atom. The Kier molecular flexibility index (Phi) is 5.13. The lowest BCUT2D eigenvalue weighted by atomic mass is 10.1. The number of hydrogen-bond acceptors (Lipinski definition) is 5. The number of aromatic nitrogens is 1. The van der Waals surface area contributed by atoms with E-state index in [4.69, 9.17) is 22.1 Å².